The van der Waals surface area contributed by atoms with E-state index >= 15 is 0 Å². The minimum atomic E-state index is 0.392. The maximum absolute atomic E-state index is 3.59. The number of nitrogens with one attached hydrogen (secondary N) is 1. The molecule has 0 fully saturated rings. The molecule has 0 heterocycles. The van der Waals surface area contributed by atoms with Crippen molar-refractivity contribution in [3.05, 3.63) is 34.3 Å². The summed E-state index contributed by atoms with van der Waals surface area (Å²) in [7, 11) is 4.20. The zero-order chi connectivity index (χ0) is 12.1. The van der Waals surface area contributed by atoms with Gasteiger partial charge < -0.3 is 10.2 Å². The predicted octanol–water partition coefficient (Wildman–Crippen LogP) is 3.05. The Morgan fingerprint density at radius 1 is 1.19 bits per heavy atom. The highest BCUT2D eigenvalue weighted by molar-refractivity contribution is 9.10. The van der Waals surface area contributed by atoms with Crippen LogP contribution >= 0.6 is 15.9 Å². The molecule has 90 valence electrons. The SMILES string of the molecule is CC(CN(C)C)NC(C)c1ccc(Br)cc1. The molecule has 1 aromatic rings. The highest BCUT2D eigenvalue weighted by Gasteiger charge is 2.09. The van der Waals surface area contributed by atoms with E-state index in [-0.39, 0.29) is 0 Å². The Morgan fingerprint density at radius 2 is 1.75 bits per heavy atom. The van der Waals surface area contributed by atoms with Crippen LogP contribution in [0.25, 0.3) is 0 Å². The van der Waals surface area contributed by atoms with Crippen LogP contribution in [-0.2, 0) is 0 Å². The van der Waals surface area contributed by atoms with E-state index in [1.54, 1.807) is 0 Å². The maximum Gasteiger partial charge on any atom is 0.0294 e. The quantitative estimate of drug-likeness (QED) is 0.894. The standard InChI is InChI=1S/C13H21BrN2/c1-10(9-16(3)4)15-11(2)12-5-7-13(14)8-6-12/h5-8,10-11,15H,9H2,1-4H3. The molecular formula is C13H21BrN2. The van der Waals surface area contributed by atoms with E-state index in [9.17, 15) is 0 Å². The van der Waals surface area contributed by atoms with Gasteiger partial charge in [0.05, 0.1) is 0 Å². The summed E-state index contributed by atoms with van der Waals surface area (Å²) in [5.74, 6) is 0. The topological polar surface area (TPSA) is 15.3 Å². The monoisotopic (exact) mass is 284 g/mol. The van der Waals surface area contributed by atoms with Crippen molar-refractivity contribution in [3.63, 3.8) is 0 Å². The van der Waals surface area contributed by atoms with Gasteiger partial charge in [-0.05, 0) is 45.6 Å². The van der Waals surface area contributed by atoms with Crippen molar-refractivity contribution < 1.29 is 0 Å². The second kappa shape index (κ2) is 6.38. The first-order valence-electron chi connectivity index (χ1n) is 5.65. The van der Waals surface area contributed by atoms with E-state index in [0.717, 1.165) is 11.0 Å². The Kier molecular flexibility index (Phi) is 5.46. The summed E-state index contributed by atoms with van der Waals surface area (Å²) >= 11 is 3.45. The zero-order valence-corrected chi connectivity index (χ0v) is 12.1. The van der Waals surface area contributed by atoms with Crippen LogP contribution in [-0.4, -0.2) is 31.6 Å². The number of hydrogen-bond acceptors (Lipinski definition) is 2. The minimum Gasteiger partial charge on any atom is -0.308 e. The lowest BCUT2D eigenvalue weighted by atomic mass is 10.1. The van der Waals surface area contributed by atoms with Crippen LogP contribution in [0.3, 0.4) is 0 Å². The average molecular weight is 285 g/mol. The van der Waals surface area contributed by atoms with Crippen LogP contribution in [0.1, 0.15) is 25.5 Å². The van der Waals surface area contributed by atoms with Crippen LogP contribution in [0, 0.1) is 0 Å². The first kappa shape index (κ1) is 13.7. The molecule has 1 aromatic carbocycles. The van der Waals surface area contributed by atoms with E-state index in [1.807, 2.05) is 0 Å². The fourth-order valence-electron chi connectivity index (χ4n) is 1.87. The summed E-state index contributed by atoms with van der Waals surface area (Å²) in [5.41, 5.74) is 1.33. The van der Waals surface area contributed by atoms with Gasteiger partial charge in [0.1, 0.15) is 0 Å². The molecule has 2 unspecified atom stereocenters. The Bertz CT molecular complexity index is 308. The molecule has 0 aliphatic carbocycles. The highest BCUT2D eigenvalue weighted by Crippen LogP contribution is 2.16. The molecule has 0 aliphatic heterocycles. The molecule has 1 rings (SSSR count). The van der Waals surface area contributed by atoms with E-state index in [1.165, 1.54) is 5.56 Å². The fourth-order valence-corrected chi connectivity index (χ4v) is 2.14. The summed E-state index contributed by atoms with van der Waals surface area (Å²) in [6, 6.07) is 9.37. The van der Waals surface area contributed by atoms with Crippen molar-refractivity contribution in [1.82, 2.24) is 10.2 Å². The molecule has 3 heteroatoms. The van der Waals surface area contributed by atoms with Gasteiger partial charge in [-0.15, -0.1) is 0 Å². The normalized spacial score (nSPS) is 15.1. The molecule has 0 aliphatic rings. The summed E-state index contributed by atoms with van der Waals surface area (Å²) in [5, 5.41) is 3.59. The summed E-state index contributed by atoms with van der Waals surface area (Å²) in [6.07, 6.45) is 0. The molecule has 0 saturated carbocycles. The fraction of sp³-hybridized carbons (Fsp3) is 0.538. The van der Waals surface area contributed by atoms with Gasteiger partial charge in [0.2, 0.25) is 0 Å². The second-order valence-electron chi connectivity index (χ2n) is 4.60. The smallest absolute Gasteiger partial charge is 0.0294 e. The van der Waals surface area contributed by atoms with Crippen molar-refractivity contribution >= 4 is 15.9 Å². The lowest BCUT2D eigenvalue weighted by molar-refractivity contribution is 0.334. The first-order chi connectivity index (χ1) is 7.49. The number of benzene rings is 1. The van der Waals surface area contributed by atoms with E-state index in [2.05, 4.69) is 78.4 Å². The number of hydrogen-bond donors (Lipinski definition) is 1. The predicted molar refractivity (Wildman–Crippen MR) is 73.7 cm³/mol. The van der Waals surface area contributed by atoms with Crippen molar-refractivity contribution in [3.8, 4) is 0 Å². The summed E-state index contributed by atoms with van der Waals surface area (Å²) in [6.45, 7) is 5.48. The molecule has 0 aromatic heterocycles. The summed E-state index contributed by atoms with van der Waals surface area (Å²) < 4.78 is 1.13. The minimum absolute atomic E-state index is 0.392. The molecule has 2 nitrogen and oxygen atoms in total. The largest absolute Gasteiger partial charge is 0.308 e. The van der Waals surface area contributed by atoms with Gasteiger partial charge in [-0.25, -0.2) is 0 Å². The maximum atomic E-state index is 3.59. The average Bonchev–Trinajstić information content (AvgIpc) is 2.16. The Morgan fingerprint density at radius 3 is 2.25 bits per heavy atom. The third-order valence-electron chi connectivity index (χ3n) is 2.54. The number of nitrogens with zero attached hydrogens (tertiary/aromatic N) is 1. The van der Waals surface area contributed by atoms with Crippen LogP contribution in [0.4, 0.5) is 0 Å². The third kappa shape index (κ3) is 4.64. The zero-order valence-electron chi connectivity index (χ0n) is 10.5. The van der Waals surface area contributed by atoms with Gasteiger partial charge >= 0.3 is 0 Å². The molecule has 1 N–H and O–H groups in total. The third-order valence-corrected chi connectivity index (χ3v) is 3.07. The summed E-state index contributed by atoms with van der Waals surface area (Å²) in [4.78, 5) is 2.20. The molecule has 0 saturated heterocycles. The number of rotatable bonds is 5. The van der Waals surface area contributed by atoms with E-state index in [4.69, 9.17) is 0 Å². The molecule has 0 radical (unpaired) electrons. The molecular weight excluding hydrogens is 264 g/mol. The van der Waals surface area contributed by atoms with Crippen LogP contribution in [0.2, 0.25) is 0 Å². The van der Waals surface area contributed by atoms with Crippen molar-refractivity contribution in [2.45, 2.75) is 25.9 Å². The van der Waals surface area contributed by atoms with Crippen LogP contribution < -0.4 is 5.32 Å². The van der Waals surface area contributed by atoms with Crippen LogP contribution in [0.15, 0.2) is 28.7 Å². The second-order valence-corrected chi connectivity index (χ2v) is 5.52. The Balaban J connectivity index is 2.51. The van der Waals surface area contributed by atoms with E-state index in [0.29, 0.717) is 12.1 Å². The Labute approximate surface area is 107 Å². The van der Waals surface area contributed by atoms with Gasteiger partial charge in [-0.2, -0.15) is 0 Å². The number of halogens is 1. The molecule has 0 amide bonds. The highest BCUT2D eigenvalue weighted by atomic mass is 79.9. The van der Waals surface area contributed by atoms with E-state index < -0.39 is 0 Å². The van der Waals surface area contributed by atoms with Gasteiger partial charge in [-0.3, -0.25) is 0 Å². The van der Waals surface area contributed by atoms with Gasteiger partial charge in [-0.1, -0.05) is 28.1 Å². The van der Waals surface area contributed by atoms with Crippen molar-refractivity contribution in [2.24, 2.45) is 0 Å². The molecule has 0 spiro atoms. The van der Waals surface area contributed by atoms with Gasteiger partial charge in [0, 0.05) is 23.1 Å². The van der Waals surface area contributed by atoms with Gasteiger partial charge in [0.15, 0.2) is 0 Å². The van der Waals surface area contributed by atoms with Crippen LogP contribution in [0.5, 0.6) is 0 Å². The van der Waals surface area contributed by atoms with Crippen molar-refractivity contribution in [2.75, 3.05) is 20.6 Å². The first-order valence-corrected chi connectivity index (χ1v) is 6.44. The molecule has 2 atom stereocenters. The van der Waals surface area contributed by atoms with Crippen molar-refractivity contribution in [1.29, 1.82) is 0 Å². The molecule has 16 heavy (non-hydrogen) atoms. The van der Waals surface area contributed by atoms with Gasteiger partial charge in [0.25, 0.3) is 0 Å². The molecule has 0 bridgehead atoms. The lowest BCUT2D eigenvalue weighted by Crippen LogP contribution is -2.37. The lowest BCUT2D eigenvalue weighted by Gasteiger charge is -2.23. The number of likely N-dealkylation sites (N-methyl/N-ethyl adjacent to an activating group) is 1. The Hall–Kier alpha value is -0.380.